The summed E-state index contributed by atoms with van der Waals surface area (Å²) < 4.78 is 5.77. The fraction of sp³-hybridized carbons (Fsp3) is 0.818. The van der Waals surface area contributed by atoms with Crippen LogP contribution in [0.1, 0.15) is 33.6 Å². The molecule has 0 radical (unpaired) electrons. The van der Waals surface area contributed by atoms with Gasteiger partial charge in [-0.1, -0.05) is 39.7 Å². The van der Waals surface area contributed by atoms with Crippen molar-refractivity contribution in [2.45, 2.75) is 45.8 Å². The zero-order chi connectivity index (χ0) is 9.90. The molecule has 0 bridgehead atoms. The molecule has 0 unspecified atom stereocenters. The van der Waals surface area contributed by atoms with Gasteiger partial charge in [-0.2, -0.15) is 0 Å². The fourth-order valence-electron chi connectivity index (χ4n) is 2.31. The molecule has 13 heavy (non-hydrogen) atoms. The molecule has 0 amide bonds. The Morgan fingerprint density at radius 1 is 1.54 bits per heavy atom. The van der Waals surface area contributed by atoms with Gasteiger partial charge in [0.2, 0.25) is 0 Å². The monoisotopic (exact) mass is 180 g/mol. The second kappa shape index (κ2) is 4.32. The smallest absolute Gasteiger partial charge is 0.297 e. The number of rotatable bonds is 3. The van der Waals surface area contributed by atoms with Gasteiger partial charge >= 0.3 is 0 Å². The SMILES string of the molecule is C=CCOB1CCC[C@H]1C(C)(C)C. The van der Waals surface area contributed by atoms with Crippen LogP contribution in [0.15, 0.2) is 12.7 Å². The molecule has 1 aliphatic heterocycles. The fourth-order valence-corrected chi connectivity index (χ4v) is 2.31. The van der Waals surface area contributed by atoms with Gasteiger partial charge in [-0.05, 0) is 17.6 Å². The molecule has 1 nitrogen and oxygen atoms in total. The highest BCUT2D eigenvalue weighted by molar-refractivity contribution is 6.54. The standard InChI is InChI=1S/C11H21BO/c1-5-9-13-12-8-6-7-10(12)11(2,3)4/h5,10H,1,6-9H2,2-4H3/t10-/m0/s1. The highest BCUT2D eigenvalue weighted by Gasteiger charge is 2.39. The number of hydrogen-bond donors (Lipinski definition) is 0. The summed E-state index contributed by atoms with van der Waals surface area (Å²) in [5.74, 6) is 0.729. The van der Waals surface area contributed by atoms with Gasteiger partial charge in [-0.3, -0.25) is 0 Å². The summed E-state index contributed by atoms with van der Waals surface area (Å²) >= 11 is 0. The summed E-state index contributed by atoms with van der Waals surface area (Å²) in [5.41, 5.74) is 0.391. The average Bonchev–Trinajstić information content (AvgIpc) is 2.47. The van der Waals surface area contributed by atoms with Crippen molar-refractivity contribution >= 4 is 6.92 Å². The Morgan fingerprint density at radius 2 is 2.23 bits per heavy atom. The van der Waals surface area contributed by atoms with Crippen LogP contribution in [0, 0.1) is 5.41 Å². The molecule has 1 rings (SSSR count). The van der Waals surface area contributed by atoms with Crippen LogP contribution in [0.3, 0.4) is 0 Å². The van der Waals surface area contributed by atoms with E-state index in [2.05, 4.69) is 27.4 Å². The molecule has 1 atom stereocenters. The summed E-state index contributed by atoms with van der Waals surface area (Å²) in [6.45, 7) is 11.8. The maximum atomic E-state index is 5.77. The van der Waals surface area contributed by atoms with E-state index in [1.807, 2.05) is 6.08 Å². The average molecular weight is 180 g/mol. The largest absolute Gasteiger partial charge is 0.432 e. The molecule has 0 aliphatic carbocycles. The van der Waals surface area contributed by atoms with Crippen LogP contribution in [0.4, 0.5) is 0 Å². The molecule has 0 spiro atoms. The van der Waals surface area contributed by atoms with Crippen molar-refractivity contribution in [1.29, 1.82) is 0 Å². The molecule has 1 saturated heterocycles. The van der Waals surface area contributed by atoms with Crippen LogP contribution in [-0.4, -0.2) is 13.5 Å². The van der Waals surface area contributed by atoms with Gasteiger partial charge in [0.1, 0.15) is 0 Å². The predicted molar refractivity (Wildman–Crippen MR) is 59.1 cm³/mol. The first-order chi connectivity index (χ1) is 6.05. The Balaban J connectivity index is 2.48. The topological polar surface area (TPSA) is 9.23 Å². The first-order valence-corrected chi connectivity index (χ1v) is 5.28. The summed E-state index contributed by atoms with van der Waals surface area (Å²) in [4.78, 5) is 0. The van der Waals surface area contributed by atoms with E-state index in [9.17, 15) is 0 Å². The van der Waals surface area contributed by atoms with Gasteiger partial charge in [0, 0.05) is 6.61 Å². The lowest BCUT2D eigenvalue weighted by atomic mass is 9.50. The third-order valence-electron chi connectivity index (χ3n) is 2.99. The molecule has 2 heteroatoms. The van der Waals surface area contributed by atoms with Crippen molar-refractivity contribution in [3.8, 4) is 0 Å². The third-order valence-corrected chi connectivity index (χ3v) is 2.99. The van der Waals surface area contributed by atoms with Gasteiger partial charge in [-0.15, -0.1) is 6.58 Å². The van der Waals surface area contributed by atoms with Crippen molar-refractivity contribution in [2.24, 2.45) is 5.41 Å². The minimum Gasteiger partial charge on any atom is -0.432 e. The van der Waals surface area contributed by atoms with E-state index in [4.69, 9.17) is 4.65 Å². The van der Waals surface area contributed by atoms with E-state index in [0.29, 0.717) is 18.9 Å². The van der Waals surface area contributed by atoms with Crippen LogP contribution in [0.25, 0.3) is 0 Å². The van der Waals surface area contributed by atoms with Crippen molar-refractivity contribution in [3.63, 3.8) is 0 Å². The summed E-state index contributed by atoms with van der Waals surface area (Å²) in [5, 5.41) is 0. The first kappa shape index (κ1) is 10.8. The first-order valence-electron chi connectivity index (χ1n) is 5.28. The maximum Gasteiger partial charge on any atom is 0.297 e. The van der Waals surface area contributed by atoms with Crippen LogP contribution in [0.5, 0.6) is 0 Å². The van der Waals surface area contributed by atoms with E-state index < -0.39 is 0 Å². The summed E-state index contributed by atoms with van der Waals surface area (Å²) in [6.07, 6.45) is 5.73. The van der Waals surface area contributed by atoms with Crippen LogP contribution in [0.2, 0.25) is 12.1 Å². The number of hydrogen-bond acceptors (Lipinski definition) is 1. The van der Waals surface area contributed by atoms with Crippen molar-refractivity contribution in [3.05, 3.63) is 12.7 Å². The Labute approximate surface area is 82.7 Å². The zero-order valence-electron chi connectivity index (χ0n) is 9.18. The Kier molecular flexibility index (Phi) is 3.60. The van der Waals surface area contributed by atoms with Gasteiger partial charge in [-0.25, -0.2) is 0 Å². The zero-order valence-corrected chi connectivity index (χ0v) is 9.18. The van der Waals surface area contributed by atoms with Crippen molar-refractivity contribution in [2.75, 3.05) is 6.61 Å². The summed E-state index contributed by atoms with van der Waals surface area (Å²) in [7, 11) is 0. The van der Waals surface area contributed by atoms with Gasteiger partial charge in [0.05, 0.1) is 0 Å². The second-order valence-electron chi connectivity index (χ2n) is 5.06. The Morgan fingerprint density at radius 3 is 2.77 bits per heavy atom. The van der Waals surface area contributed by atoms with Gasteiger partial charge in [0.25, 0.3) is 6.92 Å². The molecule has 1 aliphatic rings. The molecule has 0 aromatic rings. The second-order valence-corrected chi connectivity index (χ2v) is 5.06. The van der Waals surface area contributed by atoms with Gasteiger partial charge < -0.3 is 4.65 Å². The van der Waals surface area contributed by atoms with E-state index >= 15 is 0 Å². The molecule has 0 N–H and O–H groups in total. The minimum absolute atomic E-state index is 0.391. The highest BCUT2D eigenvalue weighted by Crippen LogP contribution is 2.44. The normalized spacial score (nSPS) is 23.6. The molecule has 1 heterocycles. The molecular formula is C11H21BO. The highest BCUT2D eigenvalue weighted by atomic mass is 16.4. The van der Waals surface area contributed by atoms with Gasteiger partial charge in [0.15, 0.2) is 0 Å². The van der Waals surface area contributed by atoms with Crippen molar-refractivity contribution < 1.29 is 4.65 Å². The molecule has 0 aromatic carbocycles. The minimum atomic E-state index is 0.391. The lowest BCUT2D eigenvalue weighted by molar-refractivity contribution is 0.309. The molecule has 1 fully saturated rings. The van der Waals surface area contributed by atoms with E-state index in [1.54, 1.807) is 0 Å². The lowest BCUT2D eigenvalue weighted by Crippen LogP contribution is -2.28. The van der Waals surface area contributed by atoms with Crippen LogP contribution < -0.4 is 0 Å². The van der Waals surface area contributed by atoms with Crippen molar-refractivity contribution in [1.82, 2.24) is 0 Å². The quantitative estimate of drug-likeness (QED) is 0.477. The van der Waals surface area contributed by atoms with Crippen LogP contribution >= 0.6 is 0 Å². The van der Waals surface area contributed by atoms with Crippen LogP contribution in [-0.2, 0) is 4.65 Å². The predicted octanol–water partition coefficient (Wildman–Crippen LogP) is 3.39. The molecule has 0 aromatic heterocycles. The molecular weight excluding hydrogens is 159 g/mol. The summed E-state index contributed by atoms with van der Waals surface area (Å²) in [6, 6.07) is 0. The van der Waals surface area contributed by atoms with E-state index in [0.717, 1.165) is 5.82 Å². The van der Waals surface area contributed by atoms with E-state index in [1.165, 1.54) is 19.2 Å². The molecule has 74 valence electrons. The molecule has 0 saturated carbocycles. The maximum absolute atomic E-state index is 5.77. The lowest BCUT2D eigenvalue weighted by Gasteiger charge is -2.30. The van der Waals surface area contributed by atoms with E-state index in [-0.39, 0.29) is 0 Å². The Bertz CT molecular complexity index is 171. The Hall–Kier alpha value is -0.235. The third kappa shape index (κ3) is 2.87.